The third kappa shape index (κ3) is 3.75. The van der Waals surface area contributed by atoms with Crippen molar-refractivity contribution in [3.8, 4) is 16.2 Å². The van der Waals surface area contributed by atoms with E-state index in [-0.39, 0.29) is 17.7 Å². The quantitative estimate of drug-likeness (QED) is 0.827. The molecule has 2 heterocycles. The van der Waals surface area contributed by atoms with Gasteiger partial charge in [-0.1, -0.05) is 44.2 Å². The Morgan fingerprint density at radius 1 is 1.04 bits per heavy atom. The Morgan fingerprint density at radius 3 is 2.23 bits per heavy atom. The van der Waals surface area contributed by atoms with E-state index >= 15 is 0 Å². The molecular weight excluding hydrogens is 348 g/mol. The van der Waals surface area contributed by atoms with Crippen LogP contribution in [0.2, 0.25) is 0 Å². The van der Waals surface area contributed by atoms with E-state index in [1.54, 1.807) is 7.11 Å². The molecule has 1 saturated heterocycles. The maximum atomic E-state index is 13.0. The van der Waals surface area contributed by atoms with Gasteiger partial charge >= 0.3 is 0 Å². The van der Waals surface area contributed by atoms with Crippen LogP contribution in [0.3, 0.4) is 0 Å². The Morgan fingerprint density at radius 2 is 1.65 bits per heavy atom. The Bertz CT molecular complexity index is 778. The van der Waals surface area contributed by atoms with Crippen LogP contribution in [-0.2, 0) is 4.79 Å². The first kappa shape index (κ1) is 18.5. The molecule has 6 heteroatoms. The van der Waals surface area contributed by atoms with E-state index in [1.807, 2.05) is 60.0 Å². The summed E-state index contributed by atoms with van der Waals surface area (Å²) in [6.07, 6.45) is 0. The summed E-state index contributed by atoms with van der Waals surface area (Å²) >= 11 is 1.45. The van der Waals surface area contributed by atoms with Crippen LogP contribution in [0, 0.1) is 5.92 Å². The lowest BCUT2D eigenvalue weighted by molar-refractivity contribution is -0.135. The molecule has 1 aromatic carbocycles. The minimum atomic E-state index is -0.0225. The highest BCUT2D eigenvalue weighted by atomic mass is 32.1. The van der Waals surface area contributed by atoms with E-state index in [0.29, 0.717) is 36.8 Å². The van der Waals surface area contributed by atoms with Gasteiger partial charge in [0, 0.05) is 37.0 Å². The van der Waals surface area contributed by atoms with E-state index in [2.05, 4.69) is 0 Å². The van der Waals surface area contributed by atoms with E-state index in [4.69, 9.17) is 4.74 Å². The van der Waals surface area contributed by atoms with E-state index in [9.17, 15) is 9.59 Å². The summed E-state index contributed by atoms with van der Waals surface area (Å²) in [5.74, 6) is 0.727. The summed E-state index contributed by atoms with van der Waals surface area (Å²) in [5, 5.41) is 0. The van der Waals surface area contributed by atoms with Crippen LogP contribution in [0.25, 0.3) is 10.4 Å². The number of amides is 2. The van der Waals surface area contributed by atoms with Crippen molar-refractivity contribution >= 4 is 23.2 Å². The van der Waals surface area contributed by atoms with E-state index in [0.717, 1.165) is 10.4 Å². The molecule has 0 N–H and O–H groups in total. The predicted molar refractivity (Wildman–Crippen MR) is 104 cm³/mol. The number of hydrogen-bond donors (Lipinski definition) is 0. The highest BCUT2D eigenvalue weighted by Crippen LogP contribution is 2.37. The predicted octanol–water partition coefficient (Wildman–Crippen LogP) is 3.36. The summed E-state index contributed by atoms with van der Waals surface area (Å²) in [6, 6.07) is 11.9. The third-order valence-electron chi connectivity index (χ3n) is 4.54. The topological polar surface area (TPSA) is 49.9 Å². The minimum Gasteiger partial charge on any atom is -0.495 e. The van der Waals surface area contributed by atoms with Crippen molar-refractivity contribution in [2.45, 2.75) is 13.8 Å². The van der Waals surface area contributed by atoms with Gasteiger partial charge in [-0.3, -0.25) is 9.59 Å². The van der Waals surface area contributed by atoms with Gasteiger partial charge in [0.05, 0.1) is 7.11 Å². The van der Waals surface area contributed by atoms with Crippen molar-refractivity contribution < 1.29 is 14.3 Å². The van der Waals surface area contributed by atoms with Crippen molar-refractivity contribution in [3.05, 3.63) is 41.3 Å². The number of piperazine rings is 1. The minimum absolute atomic E-state index is 0.0110. The Hall–Kier alpha value is -2.34. The van der Waals surface area contributed by atoms with Crippen molar-refractivity contribution in [3.63, 3.8) is 0 Å². The first-order valence-electron chi connectivity index (χ1n) is 8.82. The number of carbonyl (C=O) groups excluding carboxylic acids is 2. The van der Waals surface area contributed by atoms with Gasteiger partial charge in [-0.25, -0.2) is 0 Å². The Kier molecular flexibility index (Phi) is 5.61. The molecule has 26 heavy (non-hydrogen) atoms. The zero-order chi connectivity index (χ0) is 18.7. The van der Waals surface area contributed by atoms with Gasteiger partial charge in [-0.15, -0.1) is 11.3 Å². The molecular formula is C20H24N2O3S. The molecule has 0 unspecified atom stereocenters. The fourth-order valence-corrected chi connectivity index (χ4v) is 4.16. The summed E-state index contributed by atoms with van der Waals surface area (Å²) < 4.78 is 5.45. The Balaban J connectivity index is 1.74. The van der Waals surface area contributed by atoms with Gasteiger partial charge in [0.15, 0.2) is 0 Å². The first-order chi connectivity index (χ1) is 12.5. The smallest absolute Gasteiger partial charge is 0.267 e. The second kappa shape index (κ2) is 7.91. The number of carbonyl (C=O) groups is 2. The zero-order valence-electron chi connectivity index (χ0n) is 15.4. The molecule has 0 bridgehead atoms. The summed E-state index contributed by atoms with van der Waals surface area (Å²) in [6.45, 7) is 6.09. The molecule has 0 spiro atoms. The largest absolute Gasteiger partial charge is 0.495 e. The normalized spacial score (nSPS) is 14.6. The first-order valence-corrected chi connectivity index (χ1v) is 9.64. The lowest BCUT2D eigenvalue weighted by Gasteiger charge is -2.35. The van der Waals surface area contributed by atoms with Gasteiger partial charge in [0.1, 0.15) is 10.6 Å². The average Bonchev–Trinajstić information content (AvgIpc) is 3.12. The fourth-order valence-electron chi connectivity index (χ4n) is 3.06. The summed E-state index contributed by atoms with van der Waals surface area (Å²) in [4.78, 5) is 30.4. The SMILES string of the molecule is COc1cc(-c2ccccc2)sc1C(=O)N1CCN(C(=O)C(C)C)CC1. The van der Waals surface area contributed by atoms with Gasteiger partial charge in [0.2, 0.25) is 5.91 Å². The van der Waals surface area contributed by atoms with E-state index in [1.165, 1.54) is 11.3 Å². The van der Waals surface area contributed by atoms with Crippen molar-refractivity contribution in [2.75, 3.05) is 33.3 Å². The van der Waals surface area contributed by atoms with Crippen LogP contribution in [-0.4, -0.2) is 54.9 Å². The monoisotopic (exact) mass is 372 g/mol. The maximum absolute atomic E-state index is 13.0. The second-order valence-corrected chi connectivity index (χ2v) is 7.70. The number of thiophene rings is 1. The molecule has 0 atom stereocenters. The Labute approximate surface area is 158 Å². The molecule has 1 aliphatic rings. The molecule has 0 radical (unpaired) electrons. The van der Waals surface area contributed by atoms with Crippen LogP contribution in [0.4, 0.5) is 0 Å². The average molecular weight is 372 g/mol. The highest BCUT2D eigenvalue weighted by Gasteiger charge is 2.28. The third-order valence-corrected chi connectivity index (χ3v) is 5.70. The molecule has 0 saturated carbocycles. The number of benzene rings is 1. The van der Waals surface area contributed by atoms with Gasteiger partial charge in [-0.05, 0) is 11.6 Å². The molecule has 0 aliphatic carbocycles. The van der Waals surface area contributed by atoms with Crippen LogP contribution in [0.5, 0.6) is 5.75 Å². The van der Waals surface area contributed by atoms with Crippen molar-refractivity contribution in [1.29, 1.82) is 0 Å². The van der Waals surface area contributed by atoms with Crippen LogP contribution in [0.15, 0.2) is 36.4 Å². The molecule has 5 nitrogen and oxygen atoms in total. The van der Waals surface area contributed by atoms with Crippen LogP contribution in [0.1, 0.15) is 23.5 Å². The van der Waals surface area contributed by atoms with Crippen LogP contribution >= 0.6 is 11.3 Å². The lowest BCUT2D eigenvalue weighted by Crippen LogP contribution is -2.51. The zero-order valence-corrected chi connectivity index (χ0v) is 16.2. The number of ether oxygens (including phenoxy) is 1. The molecule has 1 aromatic heterocycles. The molecule has 2 amide bonds. The maximum Gasteiger partial charge on any atom is 0.267 e. The number of nitrogens with zero attached hydrogens (tertiary/aromatic N) is 2. The molecule has 3 rings (SSSR count). The number of methoxy groups -OCH3 is 1. The van der Waals surface area contributed by atoms with Gasteiger partial charge in [0.25, 0.3) is 5.91 Å². The molecule has 138 valence electrons. The van der Waals surface area contributed by atoms with Crippen LogP contribution < -0.4 is 4.74 Å². The van der Waals surface area contributed by atoms with Crippen molar-refractivity contribution in [2.24, 2.45) is 5.92 Å². The molecule has 1 fully saturated rings. The lowest BCUT2D eigenvalue weighted by atomic mass is 10.1. The number of rotatable bonds is 4. The second-order valence-electron chi connectivity index (χ2n) is 6.65. The summed E-state index contributed by atoms with van der Waals surface area (Å²) in [7, 11) is 1.59. The molecule has 2 aromatic rings. The highest BCUT2D eigenvalue weighted by molar-refractivity contribution is 7.17. The van der Waals surface area contributed by atoms with Crippen molar-refractivity contribution in [1.82, 2.24) is 9.80 Å². The summed E-state index contributed by atoms with van der Waals surface area (Å²) in [5.41, 5.74) is 1.07. The fraction of sp³-hybridized carbons (Fsp3) is 0.400. The van der Waals surface area contributed by atoms with Gasteiger partial charge in [-0.2, -0.15) is 0 Å². The van der Waals surface area contributed by atoms with Gasteiger partial charge < -0.3 is 14.5 Å². The standard InChI is InChI=1S/C20H24N2O3S/c1-14(2)19(23)21-9-11-22(12-10-21)20(24)18-16(25-3)13-17(26-18)15-7-5-4-6-8-15/h4-8,13-14H,9-12H2,1-3H3. The number of hydrogen-bond acceptors (Lipinski definition) is 4. The molecule has 1 aliphatic heterocycles. The van der Waals surface area contributed by atoms with E-state index < -0.39 is 0 Å².